The number of aromatic nitrogens is 2. The Morgan fingerprint density at radius 1 is 1.26 bits per heavy atom. The highest BCUT2D eigenvalue weighted by atomic mass is 16.2. The fourth-order valence-corrected chi connectivity index (χ4v) is 3.99. The highest BCUT2D eigenvalue weighted by Gasteiger charge is 2.30. The van der Waals surface area contributed by atoms with Crippen LogP contribution in [0.4, 0.5) is 0 Å². The lowest BCUT2D eigenvalue weighted by Crippen LogP contribution is -2.46. The molecule has 0 radical (unpaired) electrons. The van der Waals surface area contributed by atoms with Gasteiger partial charge >= 0.3 is 0 Å². The van der Waals surface area contributed by atoms with Crippen molar-refractivity contribution in [2.75, 3.05) is 0 Å². The zero-order valence-electron chi connectivity index (χ0n) is 15.8. The Morgan fingerprint density at radius 3 is 2.93 bits per heavy atom. The van der Waals surface area contributed by atoms with Crippen molar-refractivity contribution in [3.63, 3.8) is 0 Å². The van der Waals surface area contributed by atoms with Crippen molar-refractivity contribution in [2.45, 2.75) is 45.3 Å². The number of amides is 1. The molecule has 1 aromatic carbocycles. The molecule has 4 rings (SSSR count). The molecule has 2 aromatic heterocycles. The molecule has 0 saturated carbocycles. The molecule has 0 bridgehead atoms. The number of nitrogens with zero attached hydrogens (tertiary/aromatic N) is 1. The third-order valence-corrected chi connectivity index (χ3v) is 5.22. The van der Waals surface area contributed by atoms with Gasteiger partial charge in [0.25, 0.3) is 0 Å². The second-order valence-electron chi connectivity index (χ2n) is 7.73. The van der Waals surface area contributed by atoms with E-state index < -0.39 is 0 Å². The van der Waals surface area contributed by atoms with E-state index in [2.05, 4.69) is 52.6 Å². The predicted molar refractivity (Wildman–Crippen MR) is 107 cm³/mol. The zero-order chi connectivity index (χ0) is 18.8. The summed E-state index contributed by atoms with van der Waals surface area (Å²) in [5.74, 6) is 0.562. The molecular formula is C22H26N4O. The van der Waals surface area contributed by atoms with Crippen molar-refractivity contribution in [1.29, 1.82) is 0 Å². The van der Waals surface area contributed by atoms with Gasteiger partial charge in [-0.1, -0.05) is 32.0 Å². The normalized spacial score (nSPS) is 19.2. The SMILES string of the molecule is CC(C)CC1NC(C(=O)NCc2ccccn2)Cc2c[nH]c3cccc1c23. The molecule has 0 fully saturated rings. The molecule has 27 heavy (non-hydrogen) atoms. The number of benzene rings is 1. The quantitative estimate of drug-likeness (QED) is 0.651. The molecule has 5 heteroatoms. The smallest absolute Gasteiger partial charge is 0.237 e. The van der Waals surface area contributed by atoms with Gasteiger partial charge in [0.05, 0.1) is 18.3 Å². The average molecular weight is 362 g/mol. The first-order valence-corrected chi connectivity index (χ1v) is 9.64. The number of hydrogen-bond donors (Lipinski definition) is 3. The first-order chi connectivity index (χ1) is 13.1. The van der Waals surface area contributed by atoms with E-state index in [1.165, 1.54) is 16.5 Å². The maximum absolute atomic E-state index is 12.9. The molecule has 3 N–H and O–H groups in total. The summed E-state index contributed by atoms with van der Waals surface area (Å²) in [6, 6.07) is 12.0. The second kappa shape index (κ2) is 7.53. The number of pyridine rings is 1. The predicted octanol–water partition coefficient (Wildman–Crippen LogP) is 3.48. The monoisotopic (exact) mass is 362 g/mol. The van der Waals surface area contributed by atoms with E-state index in [1.54, 1.807) is 6.20 Å². The molecule has 0 spiro atoms. The van der Waals surface area contributed by atoms with Crippen molar-refractivity contribution in [1.82, 2.24) is 20.6 Å². The maximum atomic E-state index is 12.9. The Bertz CT molecular complexity index is 932. The molecule has 1 aliphatic rings. The average Bonchev–Trinajstić information content (AvgIpc) is 3.01. The molecule has 3 heterocycles. The topological polar surface area (TPSA) is 69.8 Å². The van der Waals surface area contributed by atoms with Gasteiger partial charge in [-0.2, -0.15) is 0 Å². The Labute approximate surface area is 159 Å². The van der Waals surface area contributed by atoms with Gasteiger partial charge in [0, 0.05) is 29.3 Å². The molecule has 140 valence electrons. The van der Waals surface area contributed by atoms with Crippen molar-refractivity contribution < 1.29 is 4.79 Å². The van der Waals surface area contributed by atoms with E-state index in [-0.39, 0.29) is 18.0 Å². The molecule has 0 saturated heterocycles. The van der Waals surface area contributed by atoms with E-state index in [0.717, 1.165) is 17.6 Å². The van der Waals surface area contributed by atoms with Gasteiger partial charge in [-0.3, -0.25) is 15.1 Å². The number of rotatable bonds is 5. The standard InChI is InChI=1S/C22H26N4O/c1-14(2)10-19-17-7-5-8-18-21(17)15(12-24-18)11-20(26-19)22(27)25-13-16-6-3-4-9-23-16/h3-9,12,14,19-20,24,26H,10-11,13H2,1-2H3,(H,25,27). The summed E-state index contributed by atoms with van der Waals surface area (Å²) < 4.78 is 0. The van der Waals surface area contributed by atoms with Crippen molar-refractivity contribution in [3.8, 4) is 0 Å². The van der Waals surface area contributed by atoms with Crippen LogP contribution in [0.3, 0.4) is 0 Å². The van der Waals surface area contributed by atoms with Gasteiger partial charge in [0.15, 0.2) is 0 Å². The summed E-state index contributed by atoms with van der Waals surface area (Å²) in [5.41, 5.74) is 4.51. The van der Waals surface area contributed by atoms with Crippen LogP contribution in [-0.4, -0.2) is 21.9 Å². The summed E-state index contributed by atoms with van der Waals surface area (Å²) in [6.07, 6.45) is 5.47. The third kappa shape index (κ3) is 3.74. The van der Waals surface area contributed by atoms with Crippen LogP contribution in [0.15, 0.2) is 48.8 Å². The van der Waals surface area contributed by atoms with E-state index in [0.29, 0.717) is 18.9 Å². The van der Waals surface area contributed by atoms with Crippen LogP contribution in [0, 0.1) is 5.92 Å². The van der Waals surface area contributed by atoms with Crippen LogP contribution in [0.1, 0.15) is 43.1 Å². The van der Waals surface area contributed by atoms with E-state index in [1.807, 2.05) is 24.4 Å². The summed E-state index contributed by atoms with van der Waals surface area (Å²) >= 11 is 0. The number of hydrogen-bond acceptors (Lipinski definition) is 3. The second-order valence-corrected chi connectivity index (χ2v) is 7.73. The number of aromatic amines is 1. The lowest BCUT2D eigenvalue weighted by Gasteiger charge is -2.25. The van der Waals surface area contributed by atoms with Gasteiger partial charge < -0.3 is 10.3 Å². The summed E-state index contributed by atoms with van der Waals surface area (Å²) in [6.45, 7) is 4.89. The first-order valence-electron chi connectivity index (χ1n) is 9.64. The Morgan fingerprint density at radius 2 is 2.15 bits per heavy atom. The van der Waals surface area contributed by atoms with E-state index >= 15 is 0 Å². The van der Waals surface area contributed by atoms with Crippen LogP contribution >= 0.6 is 0 Å². The minimum Gasteiger partial charge on any atom is -0.361 e. The molecule has 5 nitrogen and oxygen atoms in total. The number of nitrogens with one attached hydrogen (secondary N) is 3. The Kier molecular flexibility index (Phi) is 4.94. The van der Waals surface area contributed by atoms with E-state index in [9.17, 15) is 4.79 Å². The fraction of sp³-hybridized carbons (Fsp3) is 0.364. The third-order valence-electron chi connectivity index (χ3n) is 5.22. The molecular weight excluding hydrogens is 336 g/mol. The van der Waals surface area contributed by atoms with Crippen molar-refractivity contribution in [2.24, 2.45) is 5.92 Å². The van der Waals surface area contributed by atoms with Gasteiger partial charge in [-0.05, 0) is 48.1 Å². The minimum absolute atomic E-state index is 0.0246. The Balaban J connectivity index is 1.58. The highest BCUT2D eigenvalue weighted by molar-refractivity contribution is 5.90. The van der Waals surface area contributed by atoms with Gasteiger partial charge in [0.1, 0.15) is 0 Å². The zero-order valence-corrected chi connectivity index (χ0v) is 15.8. The largest absolute Gasteiger partial charge is 0.361 e. The minimum atomic E-state index is -0.260. The van der Waals surface area contributed by atoms with Crippen LogP contribution in [0.5, 0.6) is 0 Å². The molecule has 2 unspecified atom stereocenters. The molecule has 2 atom stereocenters. The van der Waals surface area contributed by atoms with Crippen molar-refractivity contribution in [3.05, 3.63) is 65.6 Å². The van der Waals surface area contributed by atoms with Crippen LogP contribution in [-0.2, 0) is 17.8 Å². The van der Waals surface area contributed by atoms with E-state index in [4.69, 9.17) is 0 Å². The van der Waals surface area contributed by atoms with Gasteiger partial charge in [-0.15, -0.1) is 0 Å². The van der Waals surface area contributed by atoms with Gasteiger partial charge in [0.2, 0.25) is 5.91 Å². The fourth-order valence-electron chi connectivity index (χ4n) is 3.99. The molecule has 3 aromatic rings. The highest BCUT2D eigenvalue weighted by Crippen LogP contribution is 2.34. The summed E-state index contributed by atoms with van der Waals surface area (Å²) in [5, 5.41) is 7.95. The molecule has 0 aliphatic carbocycles. The van der Waals surface area contributed by atoms with Gasteiger partial charge in [-0.25, -0.2) is 0 Å². The first kappa shape index (κ1) is 17.7. The maximum Gasteiger partial charge on any atom is 0.237 e. The van der Waals surface area contributed by atoms with Crippen LogP contribution < -0.4 is 10.6 Å². The van der Waals surface area contributed by atoms with Crippen molar-refractivity contribution >= 4 is 16.8 Å². The number of carbonyl (C=O) groups excluding carboxylic acids is 1. The lowest BCUT2D eigenvalue weighted by molar-refractivity contribution is -0.123. The lowest BCUT2D eigenvalue weighted by atomic mass is 9.94. The molecule has 1 aliphatic heterocycles. The number of carbonyl (C=O) groups is 1. The van der Waals surface area contributed by atoms with Crippen LogP contribution in [0.25, 0.3) is 10.9 Å². The summed E-state index contributed by atoms with van der Waals surface area (Å²) in [7, 11) is 0. The Hall–Kier alpha value is -2.66. The van der Waals surface area contributed by atoms with Crippen LogP contribution in [0.2, 0.25) is 0 Å². The summed E-state index contributed by atoms with van der Waals surface area (Å²) in [4.78, 5) is 20.6. The molecule has 1 amide bonds. The number of H-pyrrole nitrogens is 1.